The van der Waals surface area contributed by atoms with Crippen molar-refractivity contribution >= 4 is 54.4 Å². The first-order chi connectivity index (χ1) is 26.8. The summed E-state index contributed by atoms with van der Waals surface area (Å²) in [5.41, 5.74) is 8.34. The van der Waals surface area contributed by atoms with Gasteiger partial charge in [0.15, 0.2) is 17.5 Å². The van der Waals surface area contributed by atoms with Crippen molar-refractivity contribution in [3.05, 3.63) is 176 Å². The Balaban J connectivity index is 1.13. The predicted octanol–water partition coefficient (Wildman–Crippen LogP) is 11.0. The van der Waals surface area contributed by atoms with Gasteiger partial charge in [0.05, 0.1) is 22.1 Å². The average molecular weight is 692 g/mol. The quantitative estimate of drug-likeness (QED) is 0.180. The van der Waals surface area contributed by atoms with Gasteiger partial charge in [-0.05, 0) is 53.2 Å². The van der Waals surface area contributed by atoms with Crippen LogP contribution in [0.1, 0.15) is 0 Å². The lowest BCUT2D eigenvalue weighted by molar-refractivity contribution is 0.988. The zero-order chi connectivity index (χ0) is 35.6. The molecule has 0 saturated carbocycles. The van der Waals surface area contributed by atoms with Crippen molar-refractivity contribution in [2.75, 3.05) is 0 Å². The summed E-state index contributed by atoms with van der Waals surface area (Å²) in [4.78, 5) is 24.3. The van der Waals surface area contributed by atoms with Crippen molar-refractivity contribution in [1.82, 2.24) is 34.1 Å². The van der Waals surface area contributed by atoms with Gasteiger partial charge in [-0.15, -0.1) is 0 Å². The third-order valence-electron chi connectivity index (χ3n) is 10.3. The van der Waals surface area contributed by atoms with Crippen LogP contribution in [0.15, 0.2) is 176 Å². The fourth-order valence-electron chi connectivity index (χ4n) is 7.95. The molecule has 0 amide bonds. The molecule has 0 N–H and O–H groups in total. The van der Waals surface area contributed by atoms with E-state index in [1.807, 2.05) is 66.7 Å². The van der Waals surface area contributed by atoms with E-state index >= 15 is 0 Å². The second-order valence-electron chi connectivity index (χ2n) is 13.4. The topological polar surface area (TPSA) is 74.3 Å². The van der Waals surface area contributed by atoms with E-state index in [1.54, 1.807) is 12.4 Å². The highest BCUT2D eigenvalue weighted by molar-refractivity contribution is 6.28. The SMILES string of the molecule is c1ccc(-c2nc(-c3ccccc3)nc(-c3cccc4cc(-n5c6ccccc6c6c7c8ccccc8n(-c8ncccn8)c7ccc65)ccc34)n2)cc1. The van der Waals surface area contributed by atoms with Crippen LogP contribution in [0, 0.1) is 0 Å². The van der Waals surface area contributed by atoms with E-state index in [0.29, 0.717) is 23.4 Å². The molecule has 0 saturated heterocycles. The fourth-order valence-corrected chi connectivity index (χ4v) is 7.95. The van der Waals surface area contributed by atoms with Crippen molar-refractivity contribution in [3.8, 4) is 45.8 Å². The zero-order valence-electron chi connectivity index (χ0n) is 28.9. The summed E-state index contributed by atoms with van der Waals surface area (Å²) in [6.07, 6.45) is 3.59. The molecule has 0 spiro atoms. The van der Waals surface area contributed by atoms with Crippen LogP contribution < -0.4 is 0 Å². The van der Waals surface area contributed by atoms with Crippen LogP contribution in [0.25, 0.3) is 100 Å². The maximum atomic E-state index is 5.04. The molecular formula is C47H29N7. The van der Waals surface area contributed by atoms with E-state index in [0.717, 1.165) is 55.2 Å². The Bertz CT molecular complexity index is 3150. The Hall–Kier alpha value is -7.51. The summed E-state index contributed by atoms with van der Waals surface area (Å²) in [7, 11) is 0. The van der Waals surface area contributed by atoms with Crippen LogP contribution >= 0.6 is 0 Å². The summed E-state index contributed by atoms with van der Waals surface area (Å²) in [6, 6.07) is 56.7. The van der Waals surface area contributed by atoms with E-state index in [2.05, 4.69) is 116 Å². The van der Waals surface area contributed by atoms with Crippen molar-refractivity contribution in [1.29, 1.82) is 0 Å². The lowest BCUT2D eigenvalue weighted by Gasteiger charge is -2.13. The first-order valence-electron chi connectivity index (χ1n) is 17.9. The minimum atomic E-state index is 0.638. The Morgan fingerprint density at radius 3 is 1.57 bits per heavy atom. The summed E-state index contributed by atoms with van der Waals surface area (Å²) < 4.78 is 4.55. The number of nitrogens with zero attached hydrogens (tertiary/aromatic N) is 7. The molecule has 54 heavy (non-hydrogen) atoms. The average Bonchev–Trinajstić information content (AvgIpc) is 3.77. The Labute approximate surface area is 309 Å². The Morgan fingerprint density at radius 2 is 0.926 bits per heavy atom. The third kappa shape index (κ3) is 4.65. The number of para-hydroxylation sites is 2. The van der Waals surface area contributed by atoms with Gasteiger partial charge < -0.3 is 4.57 Å². The smallest absolute Gasteiger partial charge is 0.234 e. The highest BCUT2D eigenvalue weighted by Crippen LogP contribution is 2.42. The van der Waals surface area contributed by atoms with Crippen LogP contribution in [0.5, 0.6) is 0 Å². The second kappa shape index (κ2) is 12.0. The fraction of sp³-hybridized carbons (Fsp3) is 0. The molecule has 0 radical (unpaired) electrons. The third-order valence-corrected chi connectivity index (χ3v) is 10.3. The molecule has 252 valence electrons. The van der Waals surface area contributed by atoms with E-state index in [9.17, 15) is 0 Å². The molecule has 7 aromatic carbocycles. The number of benzene rings is 7. The van der Waals surface area contributed by atoms with E-state index in [4.69, 9.17) is 15.0 Å². The molecule has 0 fully saturated rings. The molecule has 0 bridgehead atoms. The van der Waals surface area contributed by atoms with Gasteiger partial charge in [0, 0.05) is 56.3 Å². The van der Waals surface area contributed by atoms with Crippen LogP contribution in [-0.2, 0) is 0 Å². The van der Waals surface area contributed by atoms with Crippen molar-refractivity contribution in [2.45, 2.75) is 0 Å². The first-order valence-corrected chi connectivity index (χ1v) is 17.9. The minimum absolute atomic E-state index is 0.638. The Morgan fingerprint density at radius 1 is 0.370 bits per heavy atom. The molecule has 0 aliphatic heterocycles. The maximum Gasteiger partial charge on any atom is 0.234 e. The maximum absolute atomic E-state index is 5.04. The van der Waals surface area contributed by atoms with Gasteiger partial charge in [0.25, 0.3) is 0 Å². The molecule has 7 nitrogen and oxygen atoms in total. The van der Waals surface area contributed by atoms with Gasteiger partial charge in [-0.3, -0.25) is 4.57 Å². The van der Waals surface area contributed by atoms with Gasteiger partial charge in [-0.2, -0.15) is 0 Å². The van der Waals surface area contributed by atoms with Crippen LogP contribution in [0.4, 0.5) is 0 Å². The largest absolute Gasteiger partial charge is 0.309 e. The summed E-state index contributed by atoms with van der Waals surface area (Å²) in [6.45, 7) is 0. The highest BCUT2D eigenvalue weighted by Gasteiger charge is 2.21. The number of hydrogen-bond acceptors (Lipinski definition) is 5. The lowest BCUT2D eigenvalue weighted by Crippen LogP contribution is -2.00. The van der Waals surface area contributed by atoms with Crippen LogP contribution in [-0.4, -0.2) is 34.1 Å². The molecule has 7 heteroatoms. The predicted molar refractivity (Wildman–Crippen MR) is 218 cm³/mol. The molecule has 4 aromatic heterocycles. The molecule has 0 aliphatic rings. The number of fused-ring (bicyclic) bond motifs is 8. The molecule has 11 rings (SSSR count). The molecule has 11 aromatic rings. The van der Waals surface area contributed by atoms with Gasteiger partial charge in [0.2, 0.25) is 5.95 Å². The molecule has 0 unspecified atom stereocenters. The number of hydrogen-bond donors (Lipinski definition) is 0. The van der Waals surface area contributed by atoms with Gasteiger partial charge in [0.1, 0.15) is 0 Å². The van der Waals surface area contributed by atoms with Crippen molar-refractivity contribution in [2.24, 2.45) is 0 Å². The number of rotatable bonds is 5. The lowest BCUT2D eigenvalue weighted by atomic mass is 10.0. The zero-order valence-corrected chi connectivity index (χ0v) is 28.9. The van der Waals surface area contributed by atoms with Gasteiger partial charge in [-0.25, -0.2) is 24.9 Å². The molecular weight excluding hydrogens is 663 g/mol. The molecule has 4 heterocycles. The van der Waals surface area contributed by atoms with Gasteiger partial charge >= 0.3 is 0 Å². The normalized spacial score (nSPS) is 11.7. The standard InChI is InChI=1S/C47H29N7/c1-3-13-30(14-4-1)44-50-45(31-15-5-2-6-16-31)52-46(51-44)35-20-11-17-32-29-33(23-24-34(32)35)53-38-21-9-7-18-36(38)42-40(53)25-26-41-43(42)37-19-8-10-22-39(37)54(41)47-48-27-12-28-49-47/h1-29H. The highest BCUT2D eigenvalue weighted by atomic mass is 15.1. The number of aromatic nitrogens is 7. The monoisotopic (exact) mass is 691 g/mol. The van der Waals surface area contributed by atoms with E-state index in [-0.39, 0.29) is 0 Å². The van der Waals surface area contributed by atoms with Crippen LogP contribution in [0.2, 0.25) is 0 Å². The van der Waals surface area contributed by atoms with E-state index < -0.39 is 0 Å². The van der Waals surface area contributed by atoms with E-state index in [1.165, 1.54) is 21.5 Å². The summed E-state index contributed by atoms with van der Waals surface area (Å²) in [5, 5.41) is 6.91. The molecule has 0 atom stereocenters. The Kier molecular flexibility index (Phi) is 6.72. The first kappa shape index (κ1) is 30.1. The van der Waals surface area contributed by atoms with Crippen LogP contribution in [0.3, 0.4) is 0 Å². The summed E-state index contributed by atoms with van der Waals surface area (Å²) >= 11 is 0. The van der Waals surface area contributed by atoms with Gasteiger partial charge in [-0.1, -0.05) is 121 Å². The summed E-state index contributed by atoms with van der Waals surface area (Å²) in [5.74, 6) is 2.58. The van der Waals surface area contributed by atoms with Crippen molar-refractivity contribution < 1.29 is 0 Å². The minimum Gasteiger partial charge on any atom is -0.309 e. The molecule has 0 aliphatic carbocycles. The van der Waals surface area contributed by atoms with Crippen molar-refractivity contribution in [3.63, 3.8) is 0 Å². The second-order valence-corrected chi connectivity index (χ2v) is 13.4.